The van der Waals surface area contributed by atoms with Gasteiger partial charge in [-0.25, -0.2) is 17.2 Å². The van der Waals surface area contributed by atoms with Gasteiger partial charge in [0, 0.05) is 17.8 Å². The summed E-state index contributed by atoms with van der Waals surface area (Å²) in [5.74, 6) is -2.40. The number of ether oxygens (including phenoxy) is 1. The highest BCUT2D eigenvalue weighted by molar-refractivity contribution is 7.92. The van der Waals surface area contributed by atoms with Gasteiger partial charge in [0.15, 0.2) is 0 Å². The van der Waals surface area contributed by atoms with E-state index in [1.165, 1.54) is 25.3 Å². The van der Waals surface area contributed by atoms with E-state index < -0.39 is 27.6 Å². The molecule has 0 spiro atoms. The number of carbonyl (C=O) groups excluding carboxylic acids is 1. The second kappa shape index (κ2) is 6.83. The van der Waals surface area contributed by atoms with Crippen LogP contribution in [-0.2, 0) is 10.0 Å². The second-order valence-electron chi connectivity index (χ2n) is 4.87. The number of hydrogen-bond donors (Lipinski definition) is 2. The lowest BCUT2D eigenvalue weighted by atomic mass is 10.2. The predicted octanol–water partition coefficient (Wildman–Crippen LogP) is 2.60. The number of carbonyl (C=O) groups is 1. The summed E-state index contributed by atoms with van der Waals surface area (Å²) in [5.41, 5.74) is 0.110. The van der Waals surface area contributed by atoms with E-state index in [-0.39, 0.29) is 22.7 Å². The van der Waals surface area contributed by atoms with Gasteiger partial charge >= 0.3 is 0 Å². The summed E-state index contributed by atoms with van der Waals surface area (Å²) in [5, 5.41) is 2.42. The molecule has 0 aliphatic rings. The lowest BCUT2D eigenvalue weighted by molar-refractivity contribution is 0.102. The summed E-state index contributed by atoms with van der Waals surface area (Å²) in [6.07, 6.45) is 0.986. The third-order valence-electron chi connectivity index (χ3n) is 2.93. The fourth-order valence-corrected chi connectivity index (χ4v) is 2.49. The van der Waals surface area contributed by atoms with Gasteiger partial charge in [-0.2, -0.15) is 0 Å². The molecule has 0 heterocycles. The van der Waals surface area contributed by atoms with Crippen LogP contribution in [0, 0.1) is 11.6 Å². The van der Waals surface area contributed by atoms with E-state index in [1.54, 1.807) is 0 Å². The highest BCUT2D eigenvalue weighted by Gasteiger charge is 2.14. The minimum Gasteiger partial charge on any atom is -0.494 e. The summed E-state index contributed by atoms with van der Waals surface area (Å²) >= 11 is 0. The van der Waals surface area contributed by atoms with Crippen LogP contribution in [-0.4, -0.2) is 27.7 Å². The third-order valence-corrected chi connectivity index (χ3v) is 3.52. The van der Waals surface area contributed by atoms with E-state index in [0.717, 1.165) is 18.4 Å². The Morgan fingerprint density at radius 2 is 1.83 bits per heavy atom. The van der Waals surface area contributed by atoms with E-state index in [1.807, 2.05) is 0 Å². The van der Waals surface area contributed by atoms with Crippen molar-refractivity contribution in [3.63, 3.8) is 0 Å². The average molecular weight is 356 g/mol. The summed E-state index contributed by atoms with van der Waals surface area (Å²) < 4.78 is 56.3. The smallest absolute Gasteiger partial charge is 0.258 e. The van der Waals surface area contributed by atoms with Crippen LogP contribution in [0.5, 0.6) is 5.75 Å². The minimum atomic E-state index is -3.50. The van der Waals surface area contributed by atoms with E-state index in [2.05, 4.69) is 10.0 Å². The maximum atomic E-state index is 13.6. The number of benzene rings is 2. The molecule has 0 atom stereocenters. The molecule has 0 fully saturated rings. The van der Waals surface area contributed by atoms with Gasteiger partial charge < -0.3 is 10.1 Å². The molecule has 6 nitrogen and oxygen atoms in total. The standard InChI is InChI=1S/C15H14F2N2O4S/c1-23-14-8-10(4-6-13(14)19-24(2,21)22)18-15(20)11-5-3-9(16)7-12(11)17/h3-8,19H,1-2H3,(H,18,20). The van der Waals surface area contributed by atoms with Gasteiger partial charge in [0.25, 0.3) is 5.91 Å². The molecule has 0 aliphatic heterocycles. The average Bonchev–Trinajstić information content (AvgIpc) is 2.47. The summed E-state index contributed by atoms with van der Waals surface area (Å²) in [7, 11) is -2.17. The van der Waals surface area contributed by atoms with Gasteiger partial charge in [-0.3, -0.25) is 9.52 Å². The van der Waals surface area contributed by atoms with Crippen LogP contribution in [0.3, 0.4) is 0 Å². The SMILES string of the molecule is COc1cc(NC(=O)c2ccc(F)cc2F)ccc1NS(C)(=O)=O. The zero-order chi connectivity index (χ0) is 17.9. The van der Waals surface area contributed by atoms with Crippen LogP contribution in [0.15, 0.2) is 36.4 Å². The molecule has 0 aromatic heterocycles. The molecule has 0 saturated heterocycles. The monoisotopic (exact) mass is 356 g/mol. The Morgan fingerprint density at radius 1 is 1.12 bits per heavy atom. The van der Waals surface area contributed by atoms with Crippen LogP contribution in [0.4, 0.5) is 20.2 Å². The van der Waals surface area contributed by atoms with Crippen molar-refractivity contribution in [3.8, 4) is 5.75 Å². The Balaban J connectivity index is 2.25. The normalized spacial score (nSPS) is 11.0. The lowest BCUT2D eigenvalue weighted by Gasteiger charge is -2.12. The van der Waals surface area contributed by atoms with Crippen LogP contribution < -0.4 is 14.8 Å². The fraction of sp³-hybridized carbons (Fsp3) is 0.133. The molecule has 1 amide bonds. The fourth-order valence-electron chi connectivity index (χ4n) is 1.93. The number of anilines is 2. The highest BCUT2D eigenvalue weighted by Crippen LogP contribution is 2.29. The molecule has 2 aromatic carbocycles. The van der Waals surface area contributed by atoms with E-state index in [4.69, 9.17) is 4.74 Å². The zero-order valence-corrected chi connectivity index (χ0v) is 13.6. The highest BCUT2D eigenvalue weighted by atomic mass is 32.2. The Bertz CT molecular complexity index is 885. The first kappa shape index (κ1) is 17.7. The van der Waals surface area contributed by atoms with Crippen molar-refractivity contribution in [1.29, 1.82) is 0 Å². The maximum absolute atomic E-state index is 13.6. The zero-order valence-electron chi connectivity index (χ0n) is 12.8. The van der Waals surface area contributed by atoms with Crippen LogP contribution >= 0.6 is 0 Å². The second-order valence-corrected chi connectivity index (χ2v) is 6.62. The first-order valence-electron chi connectivity index (χ1n) is 6.62. The molecule has 128 valence electrons. The van der Waals surface area contributed by atoms with Crippen molar-refractivity contribution in [2.45, 2.75) is 0 Å². The molecule has 2 rings (SSSR count). The topological polar surface area (TPSA) is 84.5 Å². The molecule has 0 radical (unpaired) electrons. The number of sulfonamides is 1. The number of halogens is 2. The van der Waals surface area contributed by atoms with Gasteiger partial charge in [-0.1, -0.05) is 0 Å². The molecule has 0 aliphatic carbocycles. The van der Waals surface area contributed by atoms with Crippen molar-refractivity contribution in [2.75, 3.05) is 23.4 Å². The first-order valence-corrected chi connectivity index (χ1v) is 8.51. The molecule has 2 N–H and O–H groups in total. The van der Waals surface area contributed by atoms with Crippen molar-refractivity contribution in [1.82, 2.24) is 0 Å². The number of methoxy groups -OCH3 is 1. The summed E-state index contributed by atoms with van der Waals surface area (Å²) in [4.78, 5) is 12.0. The van der Waals surface area contributed by atoms with E-state index in [9.17, 15) is 22.0 Å². The van der Waals surface area contributed by atoms with Gasteiger partial charge in [-0.05, 0) is 24.3 Å². The van der Waals surface area contributed by atoms with E-state index in [0.29, 0.717) is 6.07 Å². The molecular weight excluding hydrogens is 342 g/mol. The van der Waals surface area contributed by atoms with Crippen molar-refractivity contribution < 1.29 is 26.7 Å². The third kappa shape index (κ3) is 4.42. The largest absolute Gasteiger partial charge is 0.494 e. The molecule has 24 heavy (non-hydrogen) atoms. The molecule has 0 unspecified atom stereocenters. The number of hydrogen-bond acceptors (Lipinski definition) is 4. The molecule has 0 saturated carbocycles. The minimum absolute atomic E-state index is 0.165. The van der Waals surface area contributed by atoms with Crippen LogP contribution in [0.1, 0.15) is 10.4 Å². The molecule has 2 aromatic rings. The first-order chi connectivity index (χ1) is 11.2. The van der Waals surface area contributed by atoms with Crippen molar-refractivity contribution in [3.05, 3.63) is 53.6 Å². The maximum Gasteiger partial charge on any atom is 0.258 e. The quantitative estimate of drug-likeness (QED) is 0.862. The summed E-state index contributed by atoms with van der Waals surface area (Å²) in [6.45, 7) is 0. The van der Waals surface area contributed by atoms with Crippen molar-refractivity contribution in [2.24, 2.45) is 0 Å². The Hall–Kier alpha value is -2.68. The Morgan fingerprint density at radius 3 is 2.42 bits per heavy atom. The van der Waals surface area contributed by atoms with E-state index >= 15 is 0 Å². The van der Waals surface area contributed by atoms with Crippen LogP contribution in [0.2, 0.25) is 0 Å². The summed E-state index contributed by atoms with van der Waals surface area (Å²) in [6, 6.07) is 6.77. The Labute approximate surface area is 137 Å². The Kier molecular flexibility index (Phi) is 5.03. The molecular formula is C15H14F2N2O4S. The van der Waals surface area contributed by atoms with Gasteiger partial charge in [0.2, 0.25) is 10.0 Å². The predicted molar refractivity (Wildman–Crippen MR) is 85.8 cm³/mol. The van der Waals surface area contributed by atoms with Crippen molar-refractivity contribution >= 4 is 27.3 Å². The molecule has 9 heteroatoms. The van der Waals surface area contributed by atoms with Gasteiger partial charge in [-0.15, -0.1) is 0 Å². The number of nitrogens with one attached hydrogen (secondary N) is 2. The van der Waals surface area contributed by atoms with Gasteiger partial charge in [0.1, 0.15) is 17.4 Å². The number of amides is 1. The molecule has 0 bridgehead atoms. The lowest BCUT2D eigenvalue weighted by Crippen LogP contribution is -2.14. The van der Waals surface area contributed by atoms with Crippen LogP contribution in [0.25, 0.3) is 0 Å². The van der Waals surface area contributed by atoms with Gasteiger partial charge in [0.05, 0.1) is 24.6 Å². The number of rotatable bonds is 5.